The van der Waals surface area contributed by atoms with Crippen molar-refractivity contribution in [3.63, 3.8) is 0 Å². The molecule has 3 heterocycles. The Labute approximate surface area is 385 Å². The zero-order chi connectivity index (χ0) is 45.0. The van der Waals surface area contributed by atoms with E-state index in [0.717, 1.165) is 11.4 Å². The quantitative estimate of drug-likeness (QED) is 0.175. The highest BCUT2D eigenvalue weighted by Crippen LogP contribution is 2.51. The van der Waals surface area contributed by atoms with Crippen molar-refractivity contribution in [1.29, 1.82) is 0 Å². The fourth-order valence-corrected chi connectivity index (χ4v) is 12.2. The van der Waals surface area contributed by atoms with Crippen LogP contribution in [0.2, 0.25) is 0 Å². The summed E-state index contributed by atoms with van der Waals surface area (Å²) in [6.07, 6.45) is 2.41. The maximum atomic E-state index is 4.07. The minimum atomic E-state index is 0.0144. The number of hydrogen-bond donors (Lipinski definition) is 1. The van der Waals surface area contributed by atoms with Crippen molar-refractivity contribution in [2.45, 2.75) is 130 Å². The molecule has 1 radical (unpaired) electrons. The molecule has 0 unspecified atom stereocenters. The lowest BCUT2D eigenvalue weighted by molar-refractivity contribution is 0.332. The highest BCUT2D eigenvalue weighted by Gasteiger charge is 2.38. The minimum Gasteiger partial charge on any atom is -0.355 e. The predicted octanol–water partition coefficient (Wildman–Crippen LogP) is 15.9. The van der Waals surface area contributed by atoms with E-state index in [0.29, 0.717) is 0 Å². The summed E-state index contributed by atoms with van der Waals surface area (Å²) in [5.74, 6) is 0. The second-order valence-electron chi connectivity index (χ2n) is 23.7. The Hall–Kier alpha value is -5.32. The lowest BCUT2D eigenvalue weighted by atomic mass is 9.57. The average molecular weight is 854 g/mol. The van der Waals surface area contributed by atoms with Gasteiger partial charge in [-0.2, -0.15) is 0 Å². The molecule has 4 heteroatoms. The van der Waals surface area contributed by atoms with E-state index in [2.05, 4.69) is 216 Å². The van der Waals surface area contributed by atoms with Gasteiger partial charge in [-0.1, -0.05) is 150 Å². The van der Waals surface area contributed by atoms with Gasteiger partial charge in [0, 0.05) is 59.1 Å². The molecule has 0 spiro atoms. The summed E-state index contributed by atoms with van der Waals surface area (Å²) in [4.78, 5) is 0. The standard InChI is InChI=1S/C60H62BN2S/c1-56(2,3)34-18-22-37(23-19-34)62-47-31-41-40-30-44-45(60(12,13)27-26-59(44,10)11)33-51(40)64-50(41)32-42(47)52-38-16-14-15-17-39(38)53-43-28-35(57(4,5)6)20-24-48(43)63-49-25-21-36(58(7,8)9)29-46(49)61-54(52)55(53)63/h14-25,28-33,62H,26-27H2,1-13H3. The van der Waals surface area contributed by atoms with E-state index < -0.39 is 0 Å². The summed E-state index contributed by atoms with van der Waals surface area (Å²) in [5.41, 5.74) is 18.5. The number of benzene rings is 7. The summed E-state index contributed by atoms with van der Waals surface area (Å²) in [6.45, 7) is 30.6. The highest BCUT2D eigenvalue weighted by molar-refractivity contribution is 7.25. The van der Waals surface area contributed by atoms with Crippen molar-refractivity contribution in [1.82, 2.24) is 4.57 Å². The number of nitrogens with one attached hydrogen (secondary N) is 1. The zero-order valence-electron chi connectivity index (χ0n) is 40.2. The molecule has 0 fully saturated rings. The van der Waals surface area contributed by atoms with Crippen LogP contribution in [0.25, 0.3) is 69.6 Å². The van der Waals surface area contributed by atoms with Crippen LogP contribution in [-0.4, -0.2) is 11.8 Å². The summed E-state index contributed by atoms with van der Waals surface area (Å²) in [6, 6.07) is 42.9. The first-order valence-electron chi connectivity index (χ1n) is 23.5. The first kappa shape index (κ1) is 41.4. The van der Waals surface area contributed by atoms with Gasteiger partial charge in [-0.3, -0.25) is 0 Å². The topological polar surface area (TPSA) is 17.0 Å². The Morgan fingerprint density at radius 1 is 0.562 bits per heavy atom. The third kappa shape index (κ3) is 6.33. The molecule has 0 bridgehead atoms. The molecular weight excluding hydrogens is 792 g/mol. The molecule has 1 aliphatic carbocycles. The maximum absolute atomic E-state index is 4.07. The second-order valence-corrected chi connectivity index (χ2v) is 24.7. The molecule has 0 saturated carbocycles. The van der Waals surface area contributed by atoms with Crippen LogP contribution < -0.4 is 16.2 Å². The Morgan fingerprint density at radius 2 is 1.14 bits per heavy atom. The third-order valence-electron chi connectivity index (χ3n) is 15.1. The predicted molar refractivity (Wildman–Crippen MR) is 283 cm³/mol. The fraction of sp³-hybridized carbons (Fsp3) is 0.333. The van der Waals surface area contributed by atoms with Crippen LogP contribution in [0.15, 0.2) is 109 Å². The summed E-state index contributed by atoms with van der Waals surface area (Å²) >= 11 is 1.96. The van der Waals surface area contributed by atoms with Crippen LogP contribution in [-0.2, 0) is 27.1 Å². The molecule has 1 aliphatic heterocycles. The molecule has 2 aromatic heterocycles. The molecule has 0 saturated heterocycles. The van der Waals surface area contributed by atoms with E-state index in [4.69, 9.17) is 0 Å². The van der Waals surface area contributed by atoms with Gasteiger partial charge in [-0.25, -0.2) is 0 Å². The van der Waals surface area contributed by atoms with Crippen molar-refractivity contribution in [2.24, 2.45) is 0 Å². The number of aromatic nitrogens is 1. The molecule has 0 atom stereocenters. The first-order valence-corrected chi connectivity index (χ1v) is 24.4. The van der Waals surface area contributed by atoms with Gasteiger partial charge in [0.05, 0.1) is 5.52 Å². The van der Waals surface area contributed by atoms with E-state index in [1.54, 1.807) is 0 Å². The van der Waals surface area contributed by atoms with Crippen molar-refractivity contribution in [3.8, 4) is 16.8 Å². The Bertz CT molecular complexity index is 3420. The minimum absolute atomic E-state index is 0.0144. The van der Waals surface area contributed by atoms with Gasteiger partial charge in [0.25, 0.3) is 0 Å². The lowest BCUT2D eigenvalue weighted by Crippen LogP contribution is -2.38. The van der Waals surface area contributed by atoms with Gasteiger partial charge in [-0.15, -0.1) is 11.3 Å². The molecule has 9 aromatic rings. The van der Waals surface area contributed by atoms with Crippen LogP contribution >= 0.6 is 11.3 Å². The van der Waals surface area contributed by atoms with Crippen molar-refractivity contribution in [2.75, 3.05) is 5.32 Å². The number of anilines is 2. The van der Waals surface area contributed by atoms with Gasteiger partial charge < -0.3 is 9.88 Å². The van der Waals surface area contributed by atoms with Crippen molar-refractivity contribution in [3.05, 3.63) is 137 Å². The van der Waals surface area contributed by atoms with Gasteiger partial charge in [0.15, 0.2) is 7.28 Å². The smallest absolute Gasteiger partial charge is 0.197 e. The molecule has 1 N–H and O–H groups in total. The lowest BCUT2D eigenvalue weighted by Gasteiger charge is -2.41. The van der Waals surface area contributed by atoms with E-state index in [-0.39, 0.29) is 27.1 Å². The highest BCUT2D eigenvalue weighted by atomic mass is 32.1. The second kappa shape index (κ2) is 13.6. The van der Waals surface area contributed by atoms with E-state index in [9.17, 15) is 0 Å². The molecule has 64 heavy (non-hydrogen) atoms. The number of rotatable bonds is 3. The van der Waals surface area contributed by atoms with E-state index in [1.807, 2.05) is 11.3 Å². The SMILES string of the molecule is CC(C)(C)c1ccc(Nc2cc3c(cc2-c2c4c5c(c6ccccc26)c2cc(C(C)(C)C)ccc2n5-c2ccc(C(C)(C)C)cc2[B]4)sc2cc4c(cc23)C(C)(C)CCC4(C)C)cc1. The van der Waals surface area contributed by atoms with Crippen molar-refractivity contribution >= 4 is 93.7 Å². The zero-order valence-corrected chi connectivity index (χ0v) is 41.1. The van der Waals surface area contributed by atoms with E-state index in [1.165, 1.54) is 121 Å². The molecular formula is C60H62BN2S. The molecule has 321 valence electrons. The van der Waals surface area contributed by atoms with Crippen molar-refractivity contribution < 1.29 is 0 Å². The third-order valence-corrected chi connectivity index (χ3v) is 16.3. The Balaban J connectivity index is 1.26. The Morgan fingerprint density at radius 3 is 1.81 bits per heavy atom. The monoisotopic (exact) mass is 853 g/mol. The van der Waals surface area contributed by atoms with E-state index >= 15 is 0 Å². The number of thiophene rings is 1. The normalized spacial score (nSPS) is 15.8. The molecule has 7 aromatic carbocycles. The molecule has 0 amide bonds. The van der Waals surface area contributed by atoms with Gasteiger partial charge in [0.1, 0.15) is 0 Å². The number of fused-ring (bicyclic) bond motifs is 11. The van der Waals surface area contributed by atoms with Crippen LogP contribution in [0.1, 0.15) is 131 Å². The number of hydrogen-bond acceptors (Lipinski definition) is 2. The van der Waals surface area contributed by atoms with Crippen LogP contribution in [0.4, 0.5) is 11.4 Å². The van der Waals surface area contributed by atoms with Crippen LogP contribution in [0, 0.1) is 0 Å². The Kier molecular flexibility index (Phi) is 8.80. The summed E-state index contributed by atoms with van der Waals surface area (Å²) in [5, 5.41) is 12.0. The van der Waals surface area contributed by atoms with Gasteiger partial charge >= 0.3 is 0 Å². The summed E-state index contributed by atoms with van der Waals surface area (Å²) < 4.78 is 5.30. The molecule has 2 aliphatic rings. The number of nitrogens with zero attached hydrogens (tertiary/aromatic N) is 1. The average Bonchev–Trinajstić information content (AvgIpc) is 3.76. The largest absolute Gasteiger partial charge is 0.355 e. The van der Waals surface area contributed by atoms with Crippen LogP contribution in [0.3, 0.4) is 0 Å². The van der Waals surface area contributed by atoms with Gasteiger partial charge in [-0.05, 0) is 144 Å². The van der Waals surface area contributed by atoms with Gasteiger partial charge in [0.2, 0.25) is 0 Å². The maximum Gasteiger partial charge on any atom is 0.197 e. The summed E-state index contributed by atoms with van der Waals surface area (Å²) in [7, 11) is 2.52. The first-order chi connectivity index (χ1) is 30.1. The molecule has 11 rings (SSSR count). The van der Waals surface area contributed by atoms with Crippen LogP contribution in [0.5, 0.6) is 0 Å². The fourth-order valence-electron chi connectivity index (χ4n) is 11.0. The molecule has 2 nitrogen and oxygen atoms in total.